The van der Waals surface area contributed by atoms with E-state index in [0.717, 1.165) is 5.57 Å². The molecule has 0 fully saturated rings. The van der Waals surface area contributed by atoms with Crippen molar-refractivity contribution in [2.75, 3.05) is 12.3 Å². The molecule has 0 saturated carbocycles. The van der Waals surface area contributed by atoms with Crippen molar-refractivity contribution in [3.05, 3.63) is 58.7 Å². The zero-order chi connectivity index (χ0) is 20.4. The summed E-state index contributed by atoms with van der Waals surface area (Å²) in [7, 11) is 0. The van der Waals surface area contributed by atoms with E-state index in [1.54, 1.807) is 0 Å². The van der Waals surface area contributed by atoms with Crippen molar-refractivity contribution in [2.24, 2.45) is 5.41 Å². The molecule has 0 aliphatic heterocycles. The van der Waals surface area contributed by atoms with Gasteiger partial charge in [-0.25, -0.2) is 0 Å². The quantitative estimate of drug-likeness (QED) is 0.361. The molecule has 0 bridgehead atoms. The Morgan fingerprint density at radius 3 is 2.59 bits per heavy atom. The molecule has 0 spiro atoms. The molecule has 0 radical (unpaired) electrons. The predicted molar refractivity (Wildman–Crippen MR) is 119 cm³/mol. The summed E-state index contributed by atoms with van der Waals surface area (Å²) in [6.45, 7) is 11.5. The molecular weight excluding hydrogens is 354 g/mol. The minimum Gasteiger partial charge on any atom is -0.480 e. The predicted octanol–water partition coefficient (Wildman–Crippen LogP) is 5.49. The lowest BCUT2D eigenvalue weighted by molar-refractivity contribution is -0.138. The van der Waals surface area contributed by atoms with Crippen LogP contribution in [-0.2, 0) is 4.79 Å². The Balaban J connectivity index is 2.62. The number of thiol groups is 1. The zero-order valence-corrected chi connectivity index (χ0v) is 18.3. The maximum Gasteiger partial charge on any atom is 0.321 e. The Hall–Kier alpha value is -1.52. The maximum absolute atomic E-state index is 10.9. The molecule has 0 heterocycles. The first-order valence-electron chi connectivity index (χ1n) is 9.64. The fourth-order valence-electron chi connectivity index (χ4n) is 3.29. The highest BCUT2D eigenvalue weighted by molar-refractivity contribution is 7.80. The van der Waals surface area contributed by atoms with Gasteiger partial charge in [0.15, 0.2) is 0 Å². The van der Waals surface area contributed by atoms with Crippen LogP contribution in [0.3, 0.4) is 0 Å². The second kappa shape index (κ2) is 11.4. The van der Waals surface area contributed by atoms with E-state index in [9.17, 15) is 4.79 Å². The van der Waals surface area contributed by atoms with E-state index >= 15 is 0 Å². The Kier molecular flexibility index (Phi) is 9.89. The molecule has 4 heteroatoms. The van der Waals surface area contributed by atoms with Crippen LogP contribution in [0.2, 0.25) is 0 Å². The van der Waals surface area contributed by atoms with Crippen molar-refractivity contribution in [3.63, 3.8) is 0 Å². The minimum absolute atomic E-state index is 0.266. The molecule has 0 aromatic rings. The molecule has 0 aromatic heterocycles. The van der Waals surface area contributed by atoms with Gasteiger partial charge in [0, 0.05) is 12.3 Å². The van der Waals surface area contributed by atoms with E-state index in [0.29, 0.717) is 6.54 Å². The van der Waals surface area contributed by atoms with Crippen LogP contribution in [0.15, 0.2) is 58.7 Å². The van der Waals surface area contributed by atoms with Crippen LogP contribution >= 0.6 is 12.6 Å². The van der Waals surface area contributed by atoms with Gasteiger partial charge in [-0.05, 0) is 51.0 Å². The first-order chi connectivity index (χ1) is 12.7. The average Bonchev–Trinajstić information content (AvgIpc) is 2.57. The Morgan fingerprint density at radius 1 is 1.30 bits per heavy atom. The number of aliphatic carboxylic acids is 1. The van der Waals surface area contributed by atoms with Gasteiger partial charge < -0.3 is 10.4 Å². The normalized spacial score (nSPS) is 19.9. The molecule has 1 atom stereocenters. The Bertz CT molecular complexity index is 666. The lowest BCUT2D eigenvalue weighted by atomic mass is 9.72. The molecule has 0 amide bonds. The van der Waals surface area contributed by atoms with Crippen LogP contribution in [0.4, 0.5) is 0 Å². The van der Waals surface area contributed by atoms with Gasteiger partial charge >= 0.3 is 5.97 Å². The van der Waals surface area contributed by atoms with Gasteiger partial charge in [-0.1, -0.05) is 67.0 Å². The van der Waals surface area contributed by atoms with Crippen LogP contribution in [0.5, 0.6) is 0 Å². The van der Waals surface area contributed by atoms with E-state index < -0.39 is 12.0 Å². The second-order valence-corrected chi connectivity index (χ2v) is 8.33. The molecule has 150 valence electrons. The summed E-state index contributed by atoms with van der Waals surface area (Å²) in [5, 5.41) is 11.9. The van der Waals surface area contributed by atoms with E-state index in [1.807, 2.05) is 25.2 Å². The molecule has 0 aromatic carbocycles. The summed E-state index contributed by atoms with van der Waals surface area (Å²) >= 11 is 4.04. The third-order valence-corrected chi connectivity index (χ3v) is 5.41. The highest BCUT2D eigenvalue weighted by Crippen LogP contribution is 2.40. The molecular formula is C23H35NO2S. The summed E-state index contributed by atoms with van der Waals surface area (Å²) in [5.41, 5.74) is 5.55. The molecule has 1 unspecified atom stereocenters. The average molecular weight is 390 g/mol. The molecule has 27 heavy (non-hydrogen) atoms. The molecule has 3 nitrogen and oxygen atoms in total. The molecule has 1 aliphatic carbocycles. The summed E-state index contributed by atoms with van der Waals surface area (Å²) in [5.74, 6) is -0.595. The van der Waals surface area contributed by atoms with E-state index in [2.05, 4.69) is 63.9 Å². The number of carbonyl (C=O) groups is 1. The Morgan fingerprint density at radius 2 is 2.00 bits per heavy atom. The van der Waals surface area contributed by atoms with Gasteiger partial charge in [-0.15, -0.1) is 0 Å². The fourth-order valence-corrected chi connectivity index (χ4v) is 3.58. The van der Waals surface area contributed by atoms with Gasteiger partial charge in [0.1, 0.15) is 6.04 Å². The third kappa shape index (κ3) is 8.35. The standard InChI is InChI=1S/C23H35NO2S/c1-17(11-12-20-19(3)10-7-14-23(20,4)5)8-6-9-18(2)13-15-24-21(16-27)22(25)26/h6,8-9,11-13,21,24,27H,7,10,14-16H2,1-5H3,(H,25,26)/b9-6+,12-11+,17-8+,18-13+. The van der Waals surface area contributed by atoms with Gasteiger partial charge in [0.05, 0.1) is 0 Å². The Labute approximate surface area is 170 Å². The first-order valence-corrected chi connectivity index (χ1v) is 10.3. The summed E-state index contributed by atoms with van der Waals surface area (Å²) in [4.78, 5) is 10.9. The summed E-state index contributed by atoms with van der Waals surface area (Å²) in [6.07, 6.45) is 16.4. The van der Waals surface area contributed by atoms with Crippen molar-refractivity contribution in [2.45, 2.75) is 59.9 Å². The SMILES string of the molecule is CC1=C(/C=C/C(C)=C/C=C/C(C)=C/CNC(CS)C(=O)O)C(C)(C)CCC1. The molecule has 1 aliphatic rings. The van der Waals surface area contributed by atoms with Crippen LogP contribution in [0.25, 0.3) is 0 Å². The number of nitrogens with one attached hydrogen (secondary N) is 1. The van der Waals surface area contributed by atoms with Crippen molar-refractivity contribution < 1.29 is 9.90 Å². The van der Waals surface area contributed by atoms with Crippen LogP contribution < -0.4 is 5.32 Å². The largest absolute Gasteiger partial charge is 0.480 e. The number of carboxylic acids is 1. The smallest absolute Gasteiger partial charge is 0.321 e. The number of hydrogen-bond donors (Lipinski definition) is 3. The van der Waals surface area contributed by atoms with E-state index in [1.165, 1.54) is 36.0 Å². The van der Waals surface area contributed by atoms with Crippen LogP contribution in [0.1, 0.15) is 53.9 Å². The van der Waals surface area contributed by atoms with E-state index in [-0.39, 0.29) is 11.2 Å². The molecule has 1 rings (SSSR count). The molecule has 0 saturated heterocycles. The number of carboxylic acid groups (broad SMARTS) is 1. The van der Waals surface area contributed by atoms with Gasteiger partial charge in [0.2, 0.25) is 0 Å². The number of rotatable bonds is 9. The second-order valence-electron chi connectivity index (χ2n) is 7.96. The lowest BCUT2D eigenvalue weighted by Crippen LogP contribution is -2.38. The van der Waals surface area contributed by atoms with Crippen molar-refractivity contribution in [3.8, 4) is 0 Å². The monoisotopic (exact) mass is 389 g/mol. The number of hydrogen-bond acceptors (Lipinski definition) is 3. The highest BCUT2D eigenvalue weighted by atomic mass is 32.1. The minimum atomic E-state index is -0.872. The van der Waals surface area contributed by atoms with Gasteiger partial charge in [-0.2, -0.15) is 12.6 Å². The summed E-state index contributed by atoms with van der Waals surface area (Å²) < 4.78 is 0. The maximum atomic E-state index is 10.9. The number of allylic oxidation sites excluding steroid dienone is 9. The lowest BCUT2D eigenvalue weighted by Gasteiger charge is -2.32. The van der Waals surface area contributed by atoms with E-state index in [4.69, 9.17) is 5.11 Å². The topological polar surface area (TPSA) is 49.3 Å². The van der Waals surface area contributed by atoms with Crippen molar-refractivity contribution >= 4 is 18.6 Å². The van der Waals surface area contributed by atoms with Crippen molar-refractivity contribution in [1.82, 2.24) is 5.32 Å². The van der Waals surface area contributed by atoms with Gasteiger partial charge in [0.25, 0.3) is 0 Å². The van der Waals surface area contributed by atoms with Crippen molar-refractivity contribution in [1.29, 1.82) is 0 Å². The van der Waals surface area contributed by atoms with Crippen LogP contribution in [-0.4, -0.2) is 29.4 Å². The van der Waals surface area contributed by atoms with Crippen LogP contribution in [0, 0.1) is 5.41 Å². The van der Waals surface area contributed by atoms with Gasteiger partial charge in [-0.3, -0.25) is 4.79 Å². The highest BCUT2D eigenvalue weighted by Gasteiger charge is 2.26. The first kappa shape index (κ1) is 23.5. The fraction of sp³-hybridized carbons (Fsp3) is 0.522. The zero-order valence-electron chi connectivity index (χ0n) is 17.4. The summed E-state index contributed by atoms with van der Waals surface area (Å²) in [6, 6.07) is -0.615. The molecule has 2 N–H and O–H groups in total. The third-order valence-electron chi connectivity index (χ3n) is 5.04.